The fourth-order valence-corrected chi connectivity index (χ4v) is 1.55. The van der Waals surface area contributed by atoms with Crippen LogP contribution in [0.15, 0.2) is 12.1 Å². The molecule has 1 aromatic carbocycles. The Bertz CT molecular complexity index is 300. The van der Waals surface area contributed by atoms with Crippen molar-refractivity contribution in [2.75, 3.05) is 6.61 Å². The van der Waals surface area contributed by atoms with Gasteiger partial charge in [0.05, 0.1) is 0 Å². The van der Waals surface area contributed by atoms with Crippen LogP contribution in [0.3, 0.4) is 0 Å². The molecule has 1 aromatic rings. The van der Waals surface area contributed by atoms with E-state index >= 15 is 0 Å². The van der Waals surface area contributed by atoms with Crippen molar-refractivity contribution in [3.8, 4) is 5.75 Å². The summed E-state index contributed by atoms with van der Waals surface area (Å²) in [4.78, 5) is 0. The third-order valence-electron chi connectivity index (χ3n) is 2.50. The van der Waals surface area contributed by atoms with Crippen molar-refractivity contribution < 1.29 is 42.9 Å². The number of hydrogen-bond donors (Lipinski definition) is 2. The Balaban J connectivity index is 0.00000196. The quantitative estimate of drug-likeness (QED) is 0.835. The SMILES string of the molecule is Cc1cc(C(C)[CH-]CO)cc(C)c1O.[Y]. The minimum absolute atomic E-state index is 0. The molecule has 1 unspecified atom stereocenters. The summed E-state index contributed by atoms with van der Waals surface area (Å²) in [6, 6.07) is 3.92. The number of hydrogen-bond acceptors (Lipinski definition) is 2. The minimum atomic E-state index is 0. The van der Waals surface area contributed by atoms with Gasteiger partial charge in [-0.2, -0.15) is 0 Å². The van der Waals surface area contributed by atoms with Crippen LogP contribution in [0.5, 0.6) is 5.75 Å². The van der Waals surface area contributed by atoms with Gasteiger partial charge in [0.15, 0.2) is 0 Å². The molecule has 1 atom stereocenters. The van der Waals surface area contributed by atoms with Crippen LogP contribution in [0.25, 0.3) is 0 Å². The van der Waals surface area contributed by atoms with Gasteiger partial charge in [-0.25, -0.2) is 0 Å². The monoisotopic (exact) mass is 282 g/mol. The van der Waals surface area contributed by atoms with Gasteiger partial charge in [-0.3, -0.25) is 6.42 Å². The molecule has 0 aliphatic rings. The second-order valence-electron chi connectivity index (χ2n) is 3.71. The molecule has 1 radical (unpaired) electrons. The fraction of sp³-hybridized carbons (Fsp3) is 0.417. The van der Waals surface area contributed by atoms with Crippen molar-refractivity contribution in [3.63, 3.8) is 0 Å². The maximum absolute atomic E-state index is 9.58. The van der Waals surface area contributed by atoms with Gasteiger partial charge >= 0.3 is 0 Å². The Labute approximate surface area is 117 Å². The largest absolute Gasteiger partial charge is 0.507 e. The van der Waals surface area contributed by atoms with Gasteiger partial charge in [0.25, 0.3) is 0 Å². The first kappa shape index (κ1) is 15.1. The van der Waals surface area contributed by atoms with E-state index in [1.807, 2.05) is 39.3 Å². The summed E-state index contributed by atoms with van der Waals surface area (Å²) in [6.45, 7) is 5.89. The molecule has 81 valence electrons. The zero-order chi connectivity index (χ0) is 10.7. The van der Waals surface area contributed by atoms with Crippen LogP contribution in [-0.4, -0.2) is 16.8 Å². The third kappa shape index (κ3) is 3.86. The van der Waals surface area contributed by atoms with E-state index in [1.54, 1.807) is 0 Å². The zero-order valence-corrected chi connectivity index (χ0v) is 12.3. The Morgan fingerprint density at radius 3 is 2.13 bits per heavy atom. The molecule has 0 saturated carbocycles. The molecule has 0 saturated heterocycles. The average molecular weight is 282 g/mol. The van der Waals surface area contributed by atoms with Crippen molar-refractivity contribution in [2.45, 2.75) is 26.7 Å². The molecule has 0 heterocycles. The summed E-state index contributed by atoms with van der Waals surface area (Å²) in [5.74, 6) is 0.586. The Morgan fingerprint density at radius 2 is 1.73 bits per heavy atom. The van der Waals surface area contributed by atoms with E-state index in [1.165, 1.54) is 0 Å². The first-order chi connectivity index (χ1) is 6.56. The molecule has 0 amide bonds. The second-order valence-corrected chi connectivity index (χ2v) is 3.71. The van der Waals surface area contributed by atoms with E-state index in [0.717, 1.165) is 16.7 Å². The smallest absolute Gasteiger partial charge is 0.121 e. The average Bonchev–Trinajstić information content (AvgIpc) is 2.13. The third-order valence-corrected chi connectivity index (χ3v) is 2.50. The number of aromatic hydroxyl groups is 1. The molecular formula is C12H17O2Y-. The molecule has 2 nitrogen and oxygen atoms in total. The summed E-state index contributed by atoms with van der Waals surface area (Å²) in [6.07, 6.45) is 1.84. The van der Waals surface area contributed by atoms with Gasteiger partial charge in [0, 0.05) is 32.7 Å². The van der Waals surface area contributed by atoms with Crippen LogP contribution in [0.4, 0.5) is 0 Å². The number of aryl methyl sites for hydroxylation is 2. The molecule has 3 heteroatoms. The van der Waals surface area contributed by atoms with Gasteiger partial charge in [0.2, 0.25) is 0 Å². The predicted octanol–water partition coefficient (Wildman–Crippen LogP) is 2.31. The Kier molecular flexibility index (Phi) is 6.66. The normalized spacial score (nSPS) is 12.0. The Hall–Kier alpha value is 0.0839. The van der Waals surface area contributed by atoms with Crippen molar-refractivity contribution >= 4 is 0 Å². The molecule has 0 aromatic heterocycles. The summed E-state index contributed by atoms with van der Waals surface area (Å²) >= 11 is 0. The second kappa shape index (κ2) is 6.62. The first-order valence-corrected chi connectivity index (χ1v) is 4.80. The number of benzene rings is 1. The van der Waals surface area contributed by atoms with Crippen molar-refractivity contribution in [2.24, 2.45) is 0 Å². The van der Waals surface area contributed by atoms with Gasteiger partial charge in [-0.05, 0) is 25.0 Å². The molecule has 0 spiro atoms. The molecule has 0 fully saturated rings. The van der Waals surface area contributed by atoms with Crippen LogP contribution >= 0.6 is 0 Å². The van der Waals surface area contributed by atoms with Crippen LogP contribution in [0, 0.1) is 20.3 Å². The maximum atomic E-state index is 9.58. The van der Waals surface area contributed by atoms with Crippen molar-refractivity contribution in [1.29, 1.82) is 0 Å². The standard InChI is InChI=1S/C12H17O2.Y/c1-8(4-5-13)11-6-9(2)12(14)10(3)7-11;/h4,6-8,13-14H,5H2,1-3H3;/q-1;. The van der Waals surface area contributed by atoms with Crippen LogP contribution in [0.1, 0.15) is 29.5 Å². The van der Waals surface area contributed by atoms with Gasteiger partial charge in [-0.15, -0.1) is 5.92 Å². The van der Waals surface area contributed by atoms with E-state index in [-0.39, 0.29) is 45.2 Å². The van der Waals surface area contributed by atoms with Crippen molar-refractivity contribution in [3.05, 3.63) is 35.2 Å². The molecule has 2 N–H and O–H groups in total. The summed E-state index contributed by atoms with van der Waals surface area (Å²) in [5, 5.41) is 18.4. The molecule has 0 aliphatic carbocycles. The summed E-state index contributed by atoms with van der Waals surface area (Å²) in [7, 11) is 0. The minimum Gasteiger partial charge on any atom is -0.507 e. The van der Waals surface area contributed by atoms with E-state index in [4.69, 9.17) is 5.11 Å². The maximum Gasteiger partial charge on any atom is 0.121 e. The number of rotatable bonds is 3. The molecule has 15 heavy (non-hydrogen) atoms. The van der Waals surface area contributed by atoms with E-state index in [9.17, 15) is 5.11 Å². The molecule has 1 rings (SSSR count). The number of aliphatic hydroxyl groups excluding tert-OH is 1. The van der Waals surface area contributed by atoms with Gasteiger partial charge in [-0.1, -0.05) is 31.2 Å². The topological polar surface area (TPSA) is 40.5 Å². The predicted molar refractivity (Wildman–Crippen MR) is 57.4 cm³/mol. The van der Waals surface area contributed by atoms with Crippen LogP contribution in [-0.2, 0) is 32.7 Å². The summed E-state index contributed by atoms with van der Waals surface area (Å²) in [5.41, 5.74) is 2.91. The Morgan fingerprint density at radius 1 is 1.27 bits per heavy atom. The fourth-order valence-electron chi connectivity index (χ4n) is 1.55. The summed E-state index contributed by atoms with van der Waals surface area (Å²) < 4.78 is 0. The van der Waals surface area contributed by atoms with E-state index in [2.05, 4.69) is 0 Å². The van der Waals surface area contributed by atoms with Gasteiger partial charge < -0.3 is 10.2 Å². The van der Waals surface area contributed by atoms with Gasteiger partial charge in [0.1, 0.15) is 5.75 Å². The number of aliphatic hydroxyl groups is 1. The molecule has 0 aliphatic heterocycles. The first-order valence-electron chi connectivity index (χ1n) is 4.80. The van der Waals surface area contributed by atoms with Crippen LogP contribution in [0.2, 0.25) is 0 Å². The number of phenols is 1. The van der Waals surface area contributed by atoms with E-state index < -0.39 is 0 Å². The van der Waals surface area contributed by atoms with E-state index in [0.29, 0.717) is 5.75 Å². The molecular weight excluding hydrogens is 265 g/mol. The van der Waals surface area contributed by atoms with Crippen LogP contribution < -0.4 is 0 Å². The zero-order valence-electron chi connectivity index (χ0n) is 9.49. The van der Waals surface area contributed by atoms with Crippen molar-refractivity contribution in [1.82, 2.24) is 0 Å². The number of phenolic OH excluding ortho intramolecular Hbond substituents is 1. The molecule has 0 bridgehead atoms.